The molecular formula is C24H26N4O6. The van der Waals surface area contributed by atoms with Crippen molar-refractivity contribution >= 4 is 23.2 Å². The van der Waals surface area contributed by atoms with Gasteiger partial charge in [-0.1, -0.05) is 20.8 Å². The van der Waals surface area contributed by atoms with Gasteiger partial charge in [0, 0.05) is 35.4 Å². The van der Waals surface area contributed by atoms with E-state index in [1.54, 1.807) is 0 Å². The molecule has 0 unspecified atom stereocenters. The highest BCUT2D eigenvalue weighted by molar-refractivity contribution is 5.96. The van der Waals surface area contributed by atoms with Gasteiger partial charge in [-0.3, -0.25) is 29.8 Å². The van der Waals surface area contributed by atoms with E-state index in [0.717, 1.165) is 12.8 Å². The summed E-state index contributed by atoms with van der Waals surface area (Å²) in [6.45, 7) is 6.41. The van der Waals surface area contributed by atoms with Crippen LogP contribution in [0.1, 0.15) is 54.3 Å². The minimum absolute atomic E-state index is 0.0987. The lowest BCUT2D eigenvalue weighted by Crippen LogP contribution is -2.57. The number of fused-ring (bicyclic) bond motifs is 2. The molecular weight excluding hydrogens is 440 g/mol. The Kier molecular flexibility index (Phi) is 5.63. The molecule has 2 fully saturated rings. The lowest BCUT2D eigenvalue weighted by molar-refractivity contribution is -0.385. The van der Waals surface area contributed by atoms with E-state index in [0.29, 0.717) is 11.1 Å². The van der Waals surface area contributed by atoms with Gasteiger partial charge in [0.2, 0.25) is 0 Å². The highest BCUT2D eigenvalue weighted by Gasteiger charge is 2.66. The van der Waals surface area contributed by atoms with Crippen molar-refractivity contribution in [1.82, 2.24) is 10.6 Å². The molecule has 2 amide bonds. The van der Waals surface area contributed by atoms with Gasteiger partial charge < -0.3 is 10.6 Å². The van der Waals surface area contributed by atoms with E-state index in [1.807, 2.05) is 0 Å². The van der Waals surface area contributed by atoms with Crippen molar-refractivity contribution in [2.24, 2.45) is 16.7 Å². The monoisotopic (exact) mass is 466 g/mol. The topological polar surface area (TPSA) is 144 Å². The first-order valence-corrected chi connectivity index (χ1v) is 11.1. The van der Waals surface area contributed by atoms with E-state index in [4.69, 9.17) is 0 Å². The number of nitro groups is 2. The number of carbonyl (C=O) groups excluding carboxylic acids is 2. The van der Waals surface area contributed by atoms with E-state index >= 15 is 0 Å². The summed E-state index contributed by atoms with van der Waals surface area (Å²) >= 11 is 0. The van der Waals surface area contributed by atoms with Crippen molar-refractivity contribution in [3.8, 4) is 0 Å². The SMILES string of the molecule is CC1(C)[C@H]2CC[C@]1(C)[C@H](NC(=O)c1ccc([N+](=O)[O-])cc1)[C@@H]2NC(=O)c1ccc([N+](=O)[O-])cc1. The first-order chi connectivity index (χ1) is 16.0. The molecule has 2 bridgehead atoms. The minimum atomic E-state index is -0.523. The van der Waals surface area contributed by atoms with Gasteiger partial charge in [-0.15, -0.1) is 0 Å². The van der Waals surface area contributed by atoms with Crippen LogP contribution in [-0.2, 0) is 0 Å². The summed E-state index contributed by atoms with van der Waals surface area (Å²) in [6, 6.07) is 10.1. The van der Waals surface area contributed by atoms with Crippen LogP contribution in [0.4, 0.5) is 11.4 Å². The molecule has 178 valence electrons. The molecule has 2 aromatic rings. The smallest absolute Gasteiger partial charge is 0.269 e. The maximum atomic E-state index is 13.1. The summed E-state index contributed by atoms with van der Waals surface area (Å²) in [5.74, 6) is -0.595. The Morgan fingerprint density at radius 2 is 1.26 bits per heavy atom. The number of amides is 2. The van der Waals surface area contributed by atoms with E-state index in [-0.39, 0.29) is 52.0 Å². The summed E-state index contributed by atoms with van der Waals surface area (Å²) in [5, 5.41) is 28.0. The molecule has 2 N–H and O–H groups in total. The van der Waals surface area contributed by atoms with Crippen LogP contribution in [0.2, 0.25) is 0 Å². The Morgan fingerprint density at radius 3 is 1.71 bits per heavy atom. The maximum Gasteiger partial charge on any atom is 0.269 e. The first kappa shape index (κ1) is 23.3. The highest BCUT2D eigenvalue weighted by Crippen LogP contribution is 2.65. The summed E-state index contributed by atoms with van der Waals surface area (Å²) in [4.78, 5) is 46.8. The van der Waals surface area contributed by atoms with Gasteiger partial charge in [-0.05, 0) is 53.9 Å². The van der Waals surface area contributed by atoms with Gasteiger partial charge >= 0.3 is 0 Å². The highest BCUT2D eigenvalue weighted by atomic mass is 16.6. The number of non-ortho nitro benzene ring substituents is 2. The molecule has 4 atom stereocenters. The van der Waals surface area contributed by atoms with Crippen LogP contribution in [0.5, 0.6) is 0 Å². The fourth-order valence-electron chi connectivity index (χ4n) is 5.74. The van der Waals surface area contributed by atoms with Crippen molar-refractivity contribution in [1.29, 1.82) is 0 Å². The third kappa shape index (κ3) is 3.68. The molecule has 0 aromatic heterocycles. The molecule has 2 aliphatic carbocycles. The first-order valence-electron chi connectivity index (χ1n) is 11.1. The number of hydrogen-bond donors (Lipinski definition) is 2. The Hall–Kier alpha value is -3.82. The molecule has 0 aliphatic heterocycles. The van der Waals surface area contributed by atoms with Gasteiger partial charge in [0.15, 0.2) is 0 Å². The molecule has 0 heterocycles. The zero-order chi connectivity index (χ0) is 24.8. The molecule has 10 nitrogen and oxygen atoms in total. The van der Waals surface area contributed by atoms with Gasteiger partial charge in [0.25, 0.3) is 23.2 Å². The third-order valence-electron chi connectivity index (χ3n) is 8.12. The van der Waals surface area contributed by atoms with Crippen molar-refractivity contribution in [3.05, 3.63) is 79.9 Å². The van der Waals surface area contributed by atoms with Crippen LogP contribution in [0.25, 0.3) is 0 Å². The van der Waals surface area contributed by atoms with Crippen molar-refractivity contribution in [2.45, 2.75) is 45.7 Å². The molecule has 4 rings (SSSR count). The average molecular weight is 466 g/mol. The second kappa shape index (κ2) is 8.19. The normalized spacial score (nSPS) is 26.6. The van der Waals surface area contributed by atoms with Gasteiger partial charge in [0.05, 0.1) is 21.9 Å². The van der Waals surface area contributed by atoms with Gasteiger partial charge in [-0.2, -0.15) is 0 Å². The standard InChI is InChI=1S/C24H26N4O6/c1-23(2)18-12-13-24(23,3)20(26-22(30)15-6-10-17(11-7-15)28(33)34)19(18)25-21(29)14-4-8-16(9-5-14)27(31)32/h4-11,18-20H,12-13H2,1-3H3,(H,25,29)(H,26,30)/t18-,19+,20+,24+/m0/s1. The molecule has 0 saturated heterocycles. The van der Waals surface area contributed by atoms with Crippen molar-refractivity contribution < 1.29 is 19.4 Å². The zero-order valence-corrected chi connectivity index (χ0v) is 19.1. The van der Waals surface area contributed by atoms with E-state index in [9.17, 15) is 29.8 Å². The number of rotatable bonds is 6. The summed E-state index contributed by atoms with van der Waals surface area (Å²) in [5.41, 5.74) is -0.0294. The van der Waals surface area contributed by atoms with Crippen molar-refractivity contribution in [2.75, 3.05) is 0 Å². The van der Waals surface area contributed by atoms with Gasteiger partial charge in [0.1, 0.15) is 0 Å². The molecule has 2 saturated carbocycles. The predicted molar refractivity (Wildman–Crippen MR) is 123 cm³/mol. The second-order valence-electron chi connectivity index (χ2n) is 9.84. The maximum absolute atomic E-state index is 13.1. The van der Waals surface area contributed by atoms with Crippen LogP contribution < -0.4 is 10.6 Å². The molecule has 0 spiro atoms. The van der Waals surface area contributed by atoms with Crippen molar-refractivity contribution in [3.63, 3.8) is 0 Å². The van der Waals surface area contributed by atoms with Crippen LogP contribution in [0.3, 0.4) is 0 Å². The van der Waals surface area contributed by atoms with Crippen LogP contribution in [-0.4, -0.2) is 33.7 Å². The number of nitrogens with one attached hydrogen (secondary N) is 2. The zero-order valence-electron chi connectivity index (χ0n) is 19.1. The lowest BCUT2D eigenvalue weighted by Gasteiger charge is -2.40. The van der Waals surface area contributed by atoms with Crippen LogP contribution in [0.15, 0.2) is 48.5 Å². The van der Waals surface area contributed by atoms with Crippen LogP contribution in [0, 0.1) is 37.0 Å². The van der Waals surface area contributed by atoms with E-state index < -0.39 is 9.85 Å². The lowest BCUT2D eigenvalue weighted by atomic mass is 9.69. The summed E-state index contributed by atoms with van der Waals surface area (Å²) in [7, 11) is 0. The Morgan fingerprint density at radius 1 is 0.824 bits per heavy atom. The van der Waals surface area contributed by atoms with Gasteiger partial charge in [-0.25, -0.2) is 0 Å². The van der Waals surface area contributed by atoms with Crippen LogP contribution >= 0.6 is 0 Å². The summed E-state index contributed by atoms with van der Waals surface area (Å²) in [6.07, 6.45) is 1.79. The Bertz CT molecular complexity index is 1160. The number of nitrogens with zero attached hydrogens (tertiary/aromatic N) is 2. The number of carbonyl (C=O) groups is 2. The molecule has 2 aliphatic rings. The van der Waals surface area contributed by atoms with E-state index in [1.165, 1.54) is 48.5 Å². The largest absolute Gasteiger partial charge is 0.347 e. The minimum Gasteiger partial charge on any atom is -0.347 e. The Labute approximate surface area is 196 Å². The second-order valence-corrected chi connectivity index (χ2v) is 9.84. The number of hydrogen-bond acceptors (Lipinski definition) is 6. The fraction of sp³-hybridized carbons (Fsp3) is 0.417. The average Bonchev–Trinajstić information content (AvgIpc) is 3.12. The molecule has 2 aromatic carbocycles. The molecule has 10 heteroatoms. The summed E-state index contributed by atoms with van der Waals surface area (Å²) < 4.78 is 0. The Balaban J connectivity index is 1.57. The molecule has 0 radical (unpaired) electrons. The molecule has 34 heavy (non-hydrogen) atoms. The predicted octanol–water partition coefficient (Wildman–Crippen LogP) is 3.86. The quantitative estimate of drug-likeness (QED) is 0.489. The van der Waals surface area contributed by atoms with E-state index in [2.05, 4.69) is 31.4 Å². The number of nitro benzene ring substituents is 2. The fourth-order valence-corrected chi connectivity index (χ4v) is 5.74. The number of benzene rings is 2. The third-order valence-corrected chi connectivity index (χ3v) is 8.12.